The summed E-state index contributed by atoms with van der Waals surface area (Å²) >= 11 is 5.94. The lowest BCUT2D eigenvalue weighted by Gasteiger charge is -2.07. The number of carbonyl (C=O) groups is 1. The van der Waals surface area contributed by atoms with Crippen molar-refractivity contribution in [3.05, 3.63) is 63.5 Å². The quantitative estimate of drug-likeness (QED) is 0.587. The molecule has 110 valence electrons. The fourth-order valence-corrected chi connectivity index (χ4v) is 2.13. The Morgan fingerprint density at radius 2 is 2.09 bits per heavy atom. The Kier molecular flexibility index (Phi) is 3.48. The number of aromatic nitrogens is 1. The Bertz CT molecular complexity index is 891. The molecule has 3 rings (SSSR count). The van der Waals surface area contributed by atoms with E-state index in [1.807, 2.05) is 0 Å². The van der Waals surface area contributed by atoms with E-state index in [2.05, 4.69) is 10.3 Å². The number of oxazole rings is 1. The summed E-state index contributed by atoms with van der Waals surface area (Å²) < 4.78 is 5.10. The van der Waals surface area contributed by atoms with Crippen LogP contribution in [0.2, 0.25) is 5.02 Å². The summed E-state index contributed by atoms with van der Waals surface area (Å²) in [7, 11) is 0. The van der Waals surface area contributed by atoms with Crippen LogP contribution in [0.4, 0.5) is 11.4 Å². The zero-order valence-electron chi connectivity index (χ0n) is 10.9. The van der Waals surface area contributed by atoms with Crippen LogP contribution < -0.4 is 5.32 Å². The number of hydrogen-bond donors (Lipinski definition) is 1. The van der Waals surface area contributed by atoms with Gasteiger partial charge in [0, 0.05) is 17.7 Å². The lowest BCUT2D eigenvalue weighted by Crippen LogP contribution is -2.12. The van der Waals surface area contributed by atoms with Gasteiger partial charge in [0.25, 0.3) is 11.6 Å². The Morgan fingerprint density at radius 3 is 2.82 bits per heavy atom. The largest absolute Gasteiger partial charge is 0.443 e. The molecule has 0 bridgehead atoms. The van der Waals surface area contributed by atoms with E-state index in [9.17, 15) is 14.9 Å². The van der Waals surface area contributed by atoms with Crippen LogP contribution in [0.1, 0.15) is 10.4 Å². The predicted molar refractivity (Wildman–Crippen MR) is 80.1 cm³/mol. The molecule has 8 heteroatoms. The van der Waals surface area contributed by atoms with Crippen LogP contribution in [0.5, 0.6) is 0 Å². The van der Waals surface area contributed by atoms with Gasteiger partial charge in [0.2, 0.25) is 0 Å². The minimum Gasteiger partial charge on any atom is -0.443 e. The van der Waals surface area contributed by atoms with Gasteiger partial charge in [-0.2, -0.15) is 0 Å². The zero-order valence-corrected chi connectivity index (χ0v) is 11.7. The topological polar surface area (TPSA) is 98.3 Å². The van der Waals surface area contributed by atoms with Gasteiger partial charge in [-0.3, -0.25) is 14.9 Å². The van der Waals surface area contributed by atoms with E-state index in [-0.39, 0.29) is 16.4 Å². The Labute approximate surface area is 128 Å². The van der Waals surface area contributed by atoms with Crippen LogP contribution in [0.3, 0.4) is 0 Å². The molecule has 0 saturated heterocycles. The normalized spacial score (nSPS) is 10.6. The van der Waals surface area contributed by atoms with Gasteiger partial charge in [-0.1, -0.05) is 11.6 Å². The number of anilines is 1. The van der Waals surface area contributed by atoms with Crippen molar-refractivity contribution >= 4 is 40.0 Å². The fraction of sp³-hybridized carbons (Fsp3) is 0. The highest BCUT2D eigenvalue weighted by molar-refractivity contribution is 6.34. The molecular formula is C14H8ClN3O4. The van der Waals surface area contributed by atoms with Crippen LogP contribution in [0.25, 0.3) is 11.1 Å². The summed E-state index contributed by atoms with van der Waals surface area (Å²) in [5.74, 6) is -0.402. The number of rotatable bonds is 3. The SMILES string of the molecule is O=C(Nc1ccc([N+](=O)[O-])cc1Cl)c1ccc2ocnc2c1. The molecule has 1 amide bonds. The lowest BCUT2D eigenvalue weighted by atomic mass is 10.2. The van der Waals surface area contributed by atoms with Gasteiger partial charge in [0.1, 0.15) is 5.52 Å². The molecule has 0 aliphatic carbocycles. The van der Waals surface area contributed by atoms with Crippen molar-refractivity contribution in [2.45, 2.75) is 0 Å². The molecule has 2 aromatic carbocycles. The fourth-order valence-electron chi connectivity index (χ4n) is 1.91. The highest BCUT2D eigenvalue weighted by Gasteiger charge is 2.13. The molecule has 0 atom stereocenters. The van der Waals surface area contributed by atoms with Crippen LogP contribution in [0, 0.1) is 10.1 Å². The van der Waals surface area contributed by atoms with E-state index in [1.54, 1.807) is 18.2 Å². The van der Waals surface area contributed by atoms with E-state index in [0.29, 0.717) is 16.7 Å². The molecule has 22 heavy (non-hydrogen) atoms. The van der Waals surface area contributed by atoms with Crippen LogP contribution in [-0.4, -0.2) is 15.8 Å². The Morgan fingerprint density at radius 1 is 1.27 bits per heavy atom. The number of non-ortho nitro benzene ring substituents is 1. The number of benzene rings is 2. The maximum absolute atomic E-state index is 12.2. The third kappa shape index (κ3) is 2.61. The summed E-state index contributed by atoms with van der Waals surface area (Å²) in [5, 5.41) is 13.3. The highest BCUT2D eigenvalue weighted by Crippen LogP contribution is 2.27. The van der Waals surface area contributed by atoms with Gasteiger partial charge in [-0.05, 0) is 24.3 Å². The number of hydrogen-bond acceptors (Lipinski definition) is 5. The molecule has 1 heterocycles. The Hall–Kier alpha value is -2.93. The second kappa shape index (κ2) is 5.45. The molecule has 0 aliphatic heterocycles. The average Bonchev–Trinajstić information content (AvgIpc) is 2.96. The van der Waals surface area contributed by atoms with Crippen molar-refractivity contribution in [2.24, 2.45) is 0 Å². The number of halogens is 1. The molecule has 7 nitrogen and oxygen atoms in total. The highest BCUT2D eigenvalue weighted by atomic mass is 35.5. The van der Waals surface area contributed by atoms with Crippen LogP contribution >= 0.6 is 11.6 Å². The van der Waals surface area contributed by atoms with Gasteiger partial charge in [-0.15, -0.1) is 0 Å². The van der Waals surface area contributed by atoms with E-state index < -0.39 is 10.8 Å². The molecule has 0 spiro atoms. The molecule has 0 radical (unpaired) electrons. The number of nitro benzene ring substituents is 1. The lowest BCUT2D eigenvalue weighted by molar-refractivity contribution is -0.384. The summed E-state index contributed by atoms with van der Waals surface area (Å²) in [6, 6.07) is 8.62. The molecule has 0 fully saturated rings. The first-order chi connectivity index (χ1) is 10.5. The van der Waals surface area contributed by atoms with Gasteiger partial charge in [0.15, 0.2) is 12.0 Å². The molecule has 1 N–H and O–H groups in total. The van der Waals surface area contributed by atoms with Crippen molar-refractivity contribution < 1.29 is 14.1 Å². The van der Waals surface area contributed by atoms with Crippen molar-refractivity contribution in [1.82, 2.24) is 4.98 Å². The molecule has 0 saturated carbocycles. The molecule has 3 aromatic rings. The number of nitrogens with one attached hydrogen (secondary N) is 1. The van der Waals surface area contributed by atoms with Crippen LogP contribution in [0.15, 0.2) is 47.2 Å². The van der Waals surface area contributed by atoms with E-state index >= 15 is 0 Å². The minimum absolute atomic E-state index is 0.0880. The maximum Gasteiger partial charge on any atom is 0.271 e. The third-order valence-electron chi connectivity index (χ3n) is 3.00. The first-order valence-corrected chi connectivity index (χ1v) is 6.51. The second-order valence-electron chi connectivity index (χ2n) is 4.41. The number of nitrogens with zero attached hydrogens (tertiary/aromatic N) is 2. The van der Waals surface area contributed by atoms with Gasteiger partial charge in [0.05, 0.1) is 15.6 Å². The van der Waals surface area contributed by atoms with Gasteiger partial charge < -0.3 is 9.73 Å². The van der Waals surface area contributed by atoms with Crippen LogP contribution in [-0.2, 0) is 0 Å². The van der Waals surface area contributed by atoms with Crippen molar-refractivity contribution in [3.8, 4) is 0 Å². The predicted octanol–water partition coefficient (Wildman–Crippen LogP) is 3.64. The number of fused-ring (bicyclic) bond motifs is 1. The van der Waals surface area contributed by atoms with Gasteiger partial charge in [-0.25, -0.2) is 4.98 Å². The smallest absolute Gasteiger partial charge is 0.271 e. The number of carbonyl (C=O) groups excluding carboxylic acids is 1. The van der Waals surface area contributed by atoms with E-state index in [1.165, 1.54) is 24.6 Å². The summed E-state index contributed by atoms with van der Waals surface area (Å²) in [5.41, 5.74) is 1.65. The summed E-state index contributed by atoms with van der Waals surface area (Å²) in [4.78, 5) is 26.2. The third-order valence-corrected chi connectivity index (χ3v) is 3.32. The standard InChI is InChI=1S/C14H8ClN3O4/c15-10-6-9(18(20)21)2-3-11(10)17-14(19)8-1-4-13-12(5-8)16-7-22-13/h1-7H,(H,17,19). The first kappa shape index (κ1) is 14.0. The molecule has 0 unspecified atom stereocenters. The van der Waals surface area contributed by atoms with E-state index in [0.717, 1.165) is 0 Å². The van der Waals surface area contributed by atoms with Crippen molar-refractivity contribution in [3.63, 3.8) is 0 Å². The number of amides is 1. The molecular weight excluding hydrogens is 310 g/mol. The van der Waals surface area contributed by atoms with Crippen molar-refractivity contribution in [1.29, 1.82) is 0 Å². The molecule has 1 aromatic heterocycles. The van der Waals surface area contributed by atoms with Gasteiger partial charge >= 0.3 is 0 Å². The van der Waals surface area contributed by atoms with Crippen molar-refractivity contribution in [2.75, 3.05) is 5.32 Å². The first-order valence-electron chi connectivity index (χ1n) is 6.13. The van der Waals surface area contributed by atoms with E-state index in [4.69, 9.17) is 16.0 Å². The Balaban J connectivity index is 1.85. The summed E-state index contributed by atoms with van der Waals surface area (Å²) in [6.45, 7) is 0. The minimum atomic E-state index is -0.560. The molecule has 0 aliphatic rings. The number of nitro groups is 1. The maximum atomic E-state index is 12.2. The average molecular weight is 318 g/mol. The second-order valence-corrected chi connectivity index (χ2v) is 4.82. The summed E-state index contributed by atoms with van der Waals surface area (Å²) in [6.07, 6.45) is 1.29. The monoisotopic (exact) mass is 317 g/mol. The zero-order chi connectivity index (χ0) is 15.7.